The molecule has 0 aromatic heterocycles. The zero-order valence-corrected chi connectivity index (χ0v) is 11.9. The van der Waals surface area contributed by atoms with Gasteiger partial charge in [-0.25, -0.2) is 0 Å². The Morgan fingerprint density at radius 2 is 1.29 bits per heavy atom. The van der Waals surface area contributed by atoms with E-state index in [0.29, 0.717) is 5.41 Å². The first-order chi connectivity index (χ1) is 6.33. The third-order valence-electron chi connectivity index (χ3n) is 3.98. The maximum Gasteiger partial charge on any atom is -0.0329 e. The lowest BCUT2D eigenvalue weighted by atomic mass is 9.69. The van der Waals surface area contributed by atoms with Crippen LogP contribution in [-0.4, -0.2) is 0 Å². The molecule has 0 rings (SSSR count). The minimum Gasteiger partial charge on any atom is -0.0683 e. The van der Waals surface area contributed by atoms with Crippen LogP contribution in [0, 0.1) is 23.2 Å². The van der Waals surface area contributed by atoms with Crippen molar-refractivity contribution in [2.24, 2.45) is 23.2 Å². The third kappa shape index (κ3) is 5.02. The van der Waals surface area contributed by atoms with E-state index >= 15 is 0 Å². The average Bonchev–Trinajstić information content (AvgIpc) is 2.18. The highest BCUT2D eigenvalue weighted by Crippen LogP contribution is 2.37. The van der Waals surface area contributed by atoms with Gasteiger partial charge in [0.05, 0.1) is 0 Å². The fraction of sp³-hybridized carbons (Fsp3) is 1.00. The zero-order valence-electron chi connectivity index (χ0n) is 11.9. The lowest BCUT2D eigenvalue weighted by molar-refractivity contribution is 0.129. The smallest absolute Gasteiger partial charge is 0.0329 e. The molecule has 1 unspecified atom stereocenters. The SMILES string of the molecule is CC.CCC(C)(C)[C@@H](C)C(C)C(C)C. The molecule has 0 aromatic rings. The van der Waals surface area contributed by atoms with Gasteiger partial charge >= 0.3 is 0 Å². The second-order valence-corrected chi connectivity index (χ2v) is 5.23. The van der Waals surface area contributed by atoms with Crippen molar-refractivity contribution in [1.82, 2.24) is 0 Å². The zero-order chi connectivity index (χ0) is 11.9. The fourth-order valence-corrected chi connectivity index (χ4v) is 1.61. The minimum atomic E-state index is 0.504. The Bertz CT molecular complexity index is 122. The Morgan fingerprint density at radius 3 is 1.50 bits per heavy atom. The molecule has 0 saturated carbocycles. The summed E-state index contributed by atoms with van der Waals surface area (Å²) < 4.78 is 0. The molecule has 0 amide bonds. The third-order valence-corrected chi connectivity index (χ3v) is 3.98. The molecule has 2 atom stereocenters. The van der Waals surface area contributed by atoms with E-state index < -0.39 is 0 Å². The predicted octanol–water partition coefficient (Wildman–Crippen LogP) is 5.38. The summed E-state index contributed by atoms with van der Waals surface area (Å²) in [5.74, 6) is 2.47. The van der Waals surface area contributed by atoms with Crippen molar-refractivity contribution in [3.63, 3.8) is 0 Å². The van der Waals surface area contributed by atoms with E-state index in [4.69, 9.17) is 0 Å². The minimum absolute atomic E-state index is 0.504. The van der Waals surface area contributed by atoms with Crippen molar-refractivity contribution in [2.75, 3.05) is 0 Å². The average molecular weight is 200 g/mol. The molecule has 0 spiro atoms. The van der Waals surface area contributed by atoms with Crippen LogP contribution in [-0.2, 0) is 0 Å². The van der Waals surface area contributed by atoms with Crippen LogP contribution >= 0.6 is 0 Å². The molecule has 0 fully saturated rings. The Labute approximate surface area is 92.5 Å². The lowest BCUT2D eigenvalue weighted by Gasteiger charge is -2.37. The molecule has 0 nitrogen and oxygen atoms in total. The van der Waals surface area contributed by atoms with Crippen molar-refractivity contribution >= 4 is 0 Å². The highest BCUT2D eigenvalue weighted by molar-refractivity contribution is 4.78. The number of hydrogen-bond acceptors (Lipinski definition) is 0. The molecule has 0 saturated heterocycles. The second kappa shape index (κ2) is 7.31. The Balaban J connectivity index is 0. The van der Waals surface area contributed by atoms with Crippen LogP contribution in [0.1, 0.15) is 68.7 Å². The summed E-state index contributed by atoms with van der Waals surface area (Å²) in [5.41, 5.74) is 0.504. The van der Waals surface area contributed by atoms with E-state index in [1.165, 1.54) is 6.42 Å². The highest BCUT2D eigenvalue weighted by Gasteiger charge is 2.29. The van der Waals surface area contributed by atoms with E-state index in [0.717, 1.165) is 17.8 Å². The van der Waals surface area contributed by atoms with Crippen LogP contribution in [0.15, 0.2) is 0 Å². The van der Waals surface area contributed by atoms with E-state index in [9.17, 15) is 0 Å². The molecule has 0 aliphatic rings. The number of hydrogen-bond donors (Lipinski definition) is 0. The van der Waals surface area contributed by atoms with Gasteiger partial charge in [0.2, 0.25) is 0 Å². The van der Waals surface area contributed by atoms with Gasteiger partial charge in [0, 0.05) is 0 Å². The van der Waals surface area contributed by atoms with Crippen LogP contribution in [0.4, 0.5) is 0 Å². The molecular formula is C14H32. The van der Waals surface area contributed by atoms with Crippen LogP contribution in [0.5, 0.6) is 0 Å². The molecule has 0 radical (unpaired) electrons. The molecular weight excluding hydrogens is 168 g/mol. The van der Waals surface area contributed by atoms with Gasteiger partial charge in [-0.2, -0.15) is 0 Å². The van der Waals surface area contributed by atoms with Gasteiger partial charge < -0.3 is 0 Å². The Hall–Kier alpha value is 0. The summed E-state index contributed by atoms with van der Waals surface area (Å²) in [6.45, 7) is 20.5. The van der Waals surface area contributed by atoms with E-state index in [-0.39, 0.29) is 0 Å². The maximum absolute atomic E-state index is 2.40. The second-order valence-electron chi connectivity index (χ2n) is 5.23. The predicted molar refractivity (Wildman–Crippen MR) is 68.6 cm³/mol. The van der Waals surface area contributed by atoms with Gasteiger partial charge in [0.15, 0.2) is 0 Å². The first-order valence-corrected chi connectivity index (χ1v) is 6.33. The molecule has 0 aliphatic heterocycles. The quantitative estimate of drug-likeness (QED) is 0.572. The molecule has 88 valence electrons. The highest BCUT2D eigenvalue weighted by atomic mass is 14.3. The van der Waals surface area contributed by atoms with E-state index in [1.54, 1.807) is 0 Å². The summed E-state index contributed by atoms with van der Waals surface area (Å²) in [6, 6.07) is 0. The summed E-state index contributed by atoms with van der Waals surface area (Å²) >= 11 is 0. The molecule has 0 N–H and O–H groups in total. The number of rotatable bonds is 4. The standard InChI is InChI=1S/C12H26.C2H6/c1-8-12(6,7)11(5)10(4)9(2)3;1-2/h9-11H,8H2,1-7H3;1-2H3/t10?,11-;/m0./s1. The van der Waals surface area contributed by atoms with Crippen molar-refractivity contribution in [3.8, 4) is 0 Å². The molecule has 0 bridgehead atoms. The summed E-state index contributed by atoms with van der Waals surface area (Å²) in [5, 5.41) is 0. The van der Waals surface area contributed by atoms with Crippen LogP contribution in [0.3, 0.4) is 0 Å². The fourth-order valence-electron chi connectivity index (χ4n) is 1.61. The summed E-state index contributed by atoms with van der Waals surface area (Å²) in [4.78, 5) is 0. The van der Waals surface area contributed by atoms with Crippen LogP contribution in [0.25, 0.3) is 0 Å². The molecule has 0 heteroatoms. The summed E-state index contributed by atoms with van der Waals surface area (Å²) in [6.07, 6.45) is 1.28. The molecule has 14 heavy (non-hydrogen) atoms. The normalized spacial score (nSPS) is 15.9. The Morgan fingerprint density at radius 1 is 0.929 bits per heavy atom. The van der Waals surface area contributed by atoms with Crippen molar-refractivity contribution in [3.05, 3.63) is 0 Å². The maximum atomic E-state index is 2.40. The van der Waals surface area contributed by atoms with E-state index in [2.05, 4.69) is 48.5 Å². The first kappa shape index (κ1) is 16.4. The van der Waals surface area contributed by atoms with Crippen molar-refractivity contribution in [2.45, 2.75) is 68.7 Å². The van der Waals surface area contributed by atoms with Gasteiger partial charge in [-0.05, 0) is 23.2 Å². The van der Waals surface area contributed by atoms with Gasteiger partial charge in [-0.3, -0.25) is 0 Å². The van der Waals surface area contributed by atoms with Crippen molar-refractivity contribution in [1.29, 1.82) is 0 Å². The largest absolute Gasteiger partial charge is 0.0683 e. The van der Waals surface area contributed by atoms with Gasteiger partial charge in [0.1, 0.15) is 0 Å². The van der Waals surface area contributed by atoms with Gasteiger partial charge in [-0.1, -0.05) is 68.7 Å². The van der Waals surface area contributed by atoms with Crippen LogP contribution < -0.4 is 0 Å². The van der Waals surface area contributed by atoms with Gasteiger partial charge in [-0.15, -0.1) is 0 Å². The van der Waals surface area contributed by atoms with Gasteiger partial charge in [0.25, 0.3) is 0 Å². The van der Waals surface area contributed by atoms with Crippen LogP contribution in [0.2, 0.25) is 0 Å². The topological polar surface area (TPSA) is 0 Å². The molecule has 0 aromatic carbocycles. The lowest BCUT2D eigenvalue weighted by Crippen LogP contribution is -2.28. The monoisotopic (exact) mass is 200 g/mol. The van der Waals surface area contributed by atoms with Crippen molar-refractivity contribution < 1.29 is 0 Å². The van der Waals surface area contributed by atoms with E-state index in [1.807, 2.05) is 13.8 Å². The summed E-state index contributed by atoms with van der Waals surface area (Å²) in [7, 11) is 0. The Kier molecular flexibility index (Phi) is 8.58. The first-order valence-electron chi connectivity index (χ1n) is 6.33. The molecule has 0 heterocycles. The molecule has 0 aliphatic carbocycles.